The van der Waals surface area contributed by atoms with Gasteiger partial charge in [-0.25, -0.2) is 0 Å². The maximum absolute atomic E-state index is 11.4. The fourth-order valence-corrected chi connectivity index (χ4v) is 2.65. The molecule has 13 heavy (non-hydrogen) atoms. The van der Waals surface area contributed by atoms with Gasteiger partial charge >= 0.3 is 5.97 Å². The van der Waals surface area contributed by atoms with Crippen molar-refractivity contribution in [2.75, 3.05) is 20.2 Å². The minimum atomic E-state index is -0.702. The number of hydrogen-bond donors (Lipinski definition) is 2. The van der Waals surface area contributed by atoms with Crippen LogP contribution in [0.2, 0.25) is 0 Å². The Bertz CT molecular complexity index is 218. The summed E-state index contributed by atoms with van der Waals surface area (Å²) in [6.45, 7) is 2.00. The smallest absolute Gasteiger partial charge is 0.325 e. The molecule has 1 aliphatic carbocycles. The molecule has 1 saturated heterocycles. The minimum Gasteiger partial charge on any atom is -0.468 e. The lowest BCUT2D eigenvalue weighted by Crippen LogP contribution is -2.47. The first-order valence-electron chi connectivity index (χ1n) is 4.74. The monoisotopic (exact) mass is 184 g/mol. The second-order valence-electron chi connectivity index (χ2n) is 4.23. The van der Waals surface area contributed by atoms with Gasteiger partial charge in [-0.1, -0.05) is 0 Å². The quantitative estimate of drug-likeness (QED) is 0.539. The van der Waals surface area contributed by atoms with Crippen molar-refractivity contribution in [3.8, 4) is 0 Å². The lowest BCUT2D eigenvalue weighted by molar-refractivity contribution is -0.147. The van der Waals surface area contributed by atoms with Crippen molar-refractivity contribution in [3.63, 3.8) is 0 Å². The maximum Gasteiger partial charge on any atom is 0.325 e. The van der Waals surface area contributed by atoms with Gasteiger partial charge in [-0.2, -0.15) is 0 Å². The van der Waals surface area contributed by atoms with Crippen LogP contribution < -0.4 is 11.1 Å². The van der Waals surface area contributed by atoms with Crippen molar-refractivity contribution < 1.29 is 9.53 Å². The van der Waals surface area contributed by atoms with Crippen LogP contribution in [0.15, 0.2) is 0 Å². The minimum absolute atomic E-state index is 0.248. The Balaban J connectivity index is 2.08. The van der Waals surface area contributed by atoms with Crippen LogP contribution in [-0.2, 0) is 9.53 Å². The second kappa shape index (κ2) is 2.96. The zero-order valence-corrected chi connectivity index (χ0v) is 7.88. The molecule has 4 heteroatoms. The number of fused-ring (bicyclic) bond motifs is 1. The van der Waals surface area contributed by atoms with Crippen LogP contribution in [0.5, 0.6) is 0 Å². The number of methoxy groups -OCH3 is 1. The van der Waals surface area contributed by atoms with E-state index in [-0.39, 0.29) is 5.97 Å². The van der Waals surface area contributed by atoms with Crippen LogP contribution in [-0.4, -0.2) is 31.7 Å². The highest BCUT2D eigenvalue weighted by Gasteiger charge is 2.49. The molecule has 0 radical (unpaired) electrons. The van der Waals surface area contributed by atoms with Crippen LogP contribution in [0.25, 0.3) is 0 Å². The highest BCUT2D eigenvalue weighted by Crippen LogP contribution is 2.40. The number of ether oxygens (including phenoxy) is 1. The van der Waals surface area contributed by atoms with Crippen LogP contribution in [0, 0.1) is 11.8 Å². The number of rotatable bonds is 1. The number of hydrogen-bond acceptors (Lipinski definition) is 4. The largest absolute Gasteiger partial charge is 0.468 e. The Kier molecular flexibility index (Phi) is 2.04. The molecule has 0 spiro atoms. The summed E-state index contributed by atoms with van der Waals surface area (Å²) in [5.74, 6) is 0.898. The SMILES string of the molecule is COC(=O)C1(N)C[C@H]2CNC[C@H]2C1. The molecule has 0 aromatic carbocycles. The summed E-state index contributed by atoms with van der Waals surface area (Å²) in [7, 11) is 1.41. The Morgan fingerprint density at radius 3 is 2.46 bits per heavy atom. The normalized spacial score (nSPS) is 43.2. The predicted molar refractivity (Wildman–Crippen MR) is 48.0 cm³/mol. The first-order chi connectivity index (χ1) is 6.15. The molecule has 3 N–H and O–H groups in total. The number of carbonyl (C=O) groups is 1. The molecule has 2 fully saturated rings. The van der Waals surface area contributed by atoms with Crippen LogP contribution in [0.4, 0.5) is 0 Å². The molecule has 0 aromatic heterocycles. The van der Waals surface area contributed by atoms with Crippen LogP contribution >= 0.6 is 0 Å². The van der Waals surface area contributed by atoms with E-state index in [2.05, 4.69) is 5.32 Å². The van der Waals surface area contributed by atoms with E-state index in [9.17, 15) is 4.79 Å². The standard InChI is InChI=1S/C9H16N2O2/c1-13-8(12)9(10)2-6-4-11-5-7(6)3-9/h6-7,11H,2-5,10H2,1H3/t6-,7+,9?. The molecule has 1 saturated carbocycles. The Morgan fingerprint density at radius 2 is 2.00 bits per heavy atom. The van der Waals surface area contributed by atoms with Crippen molar-refractivity contribution in [2.24, 2.45) is 17.6 Å². The highest BCUT2D eigenvalue weighted by atomic mass is 16.5. The van der Waals surface area contributed by atoms with Gasteiger partial charge in [0.2, 0.25) is 0 Å². The number of nitrogens with one attached hydrogen (secondary N) is 1. The van der Waals surface area contributed by atoms with Crippen molar-refractivity contribution in [3.05, 3.63) is 0 Å². The van der Waals surface area contributed by atoms with E-state index in [1.54, 1.807) is 0 Å². The molecule has 0 bridgehead atoms. The van der Waals surface area contributed by atoms with Crippen molar-refractivity contribution in [1.29, 1.82) is 0 Å². The van der Waals surface area contributed by atoms with E-state index in [0.29, 0.717) is 11.8 Å². The fraction of sp³-hybridized carbons (Fsp3) is 0.889. The van der Waals surface area contributed by atoms with E-state index in [1.807, 2.05) is 0 Å². The molecule has 2 rings (SSSR count). The number of esters is 1. The Hall–Kier alpha value is -0.610. The molecule has 1 aliphatic heterocycles. The summed E-state index contributed by atoms with van der Waals surface area (Å²) in [6.07, 6.45) is 1.55. The van der Waals surface area contributed by atoms with Crippen molar-refractivity contribution in [2.45, 2.75) is 18.4 Å². The molecular weight excluding hydrogens is 168 g/mol. The zero-order chi connectivity index (χ0) is 9.47. The van der Waals surface area contributed by atoms with E-state index >= 15 is 0 Å². The molecule has 0 amide bonds. The average molecular weight is 184 g/mol. The van der Waals surface area contributed by atoms with Crippen LogP contribution in [0.1, 0.15) is 12.8 Å². The highest BCUT2D eigenvalue weighted by molar-refractivity contribution is 5.81. The Morgan fingerprint density at radius 1 is 1.46 bits per heavy atom. The topological polar surface area (TPSA) is 64.3 Å². The molecular formula is C9H16N2O2. The summed E-state index contributed by atoms with van der Waals surface area (Å²) >= 11 is 0. The van der Waals surface area contributed by atoms with Gasteiger partial charge < -0.3 is 15.8 Å². The molecule has 4 nitrogen and oxygen atoms in total. The second-order valence-corrected chi connectivity index (χ2v) is 4.23. The molecule has 1 unspecified atom stereocenters. The third-order valence-corrected chi connectivity index (χ3v) is 3.32. The Labute approximate surface area is 77.8 Å². The van der Waals surface area contributed by atoms with E-state index < -0.39 is 5.54 Å². The van der Waals surface area contributed by atoms with Gasteiger partial charge in [0.1, 0.15) is 5.54 Å². The first-order valence-corrected chi connectivity index (χ1v) is 4.74. The number of nitrogens with two attached hydrogens (primary N) is 1. The number of carbonyl (C=O) groups excluding carboxylic acids is 1. The van der Waals surface area contributed by atoms with Gasteiger partial charge in [-0.05, 0) is 37.8 Å². The molecule has 0 aromatic rings. The third kappa shape index (κ3) is 1.34. The van der Waals surface area contributed by atoms with Gasteiger partial charge in [0, 0.05) is 0 Å². The average Bonchev–Trinajstić information content (AvgIpc) is 2.61. The van der Waals surface area contributed by atoms with Crippen molar-refractivity contribution >= 4 is 5.97 Å². The summed E-state index contributed by atoms with van der Waals surface area (Å²) in [6, 6.07) is 0. The summed E-state index contributed by atoms with van der Waals surface area (Å²) in [5, 5.41) is 3.31. The van der Waals surface area contributed by atoms with E-state index in [4.69, 9.17) is 10.5 Å². The van der Waals surface area contributed by atoms with Gasteiger partial charge in [-0.15, -0.1) is 0 Å². The molecule has 2 aliphatic rings. The van der Waals surface area contributed by atoms with Gasteiger partial charge in [0.25, 0.3) is 0 Å². The van der Waals surface area contributed by atoms with Gasteiger partial charge in [0.05, 0.1) is 7.11 Å². The first kappa shape index (κ1) is 8.97. The lowest BCUT2D eigenvalue weighted by atomic mass is 9.97. The molecule has 74 valence electrons. The predicted octanol–water partition coefficient (Wildman–Crippen LogP) is -0.514. The zero-order valence-electron chi connectivity index (χ0n) is 7.88. The summed E-state index contributed by atoms with van der Waals surface area (Å²) in [5.41, 5.74) is 5.30. The summed E-state index contributed by atoms with van der Waals surface area (Å²) < 4.78 is 4.72. The van der Waals surface area contributed by atoms with Crippen molar-refractivity contribution in [1.82, 2.24) is 5.32 Å². The fourth-order valence-electron chi connectivity index (χ4n) is 2.65. The molecule has 3 atom stereocenters. The molecule has 1 heterocycles. The van der Waals surface area contributed by atoms with E-state index in [0.717, 1.165) is 25.9 Å². The van der Waals surface area contributed by atoms with Crippen LogP contribution in [0.3, 0.4) is 0 Å². The van der Waals surface area contributed by atoms with E-state index in [1.165, 1.54) is 7.11 Å². The maximum atomic E-state index is 11.4. The van der Waals surface area contributed by atoms with Gasteiger partial charge in [-0.3, -0.25) is 4.79 Å². The third-order valence-electron chi connectivity index (χ3n) is 3.32. The van der Waals surface area contributed by atoms with Gasteiger partial charge in [0.15, 0.2) is 0 Å². The lowest BCUT2D eigenvalue weighted by Gasteiger charge is -2.21. The summed E-state index contributed by atoms with van der Waals surface area (Å²) in [4.78, 5) is 11.4.